The Morgan fingerprint density at radius 1 is 0.468 bits per heavy atom. The first kappa shape index (κ1) is 68.4. The van der Waals surface area contributed by atoms with Gasteiger partial charge in [-0.25, -0.2) is 25.3 Å². The van der Waals surface area contributed by atoms with Crippen molar-refractivity contribution in [2.45, 2.75) is 37.8 Å². The van der Waals surface area contributed by atoms with E-state index in [1.807, 2.05) is 91.0 Å². The topological polar surface area (TPSA) is 213 Å². The fourth-order valence-electron chi connectivity index (χ4n) is 9.94. The number of hydrogen-bond acceptors (Lipinski definition) is 13. The molecular weight excluding hydrogens is 1180 g/mol. The second kappa shape index (κ2) is 27.5. The molecule has 9 aromatic rings. The summed E-state index contributed by atoms with van der Waals surface area (Å²) in [6.07, 6.45) is 0. The Morgan fingerprint density at radius 3 is 1.17 bits per heavy atom. The van der Waals surface area contributed by atoms with Crippen molar-refractivity contribution in [3.63, 3.8) is 0 Å². The van der Waals surface area contributed by atoms with Crippen LogP contribution in [-0.2, 0) is 39.7 Å². The SMILES string of the molecule is CC1(Cl)[P+](c2cccc(SOO[O-])c2)(c2cccc(S(=O)(=O)[O-])c2)c2ccc3ccccc3c2-c2c(ccc3ccccc23)[P+]1(c1cccc(S(=O)(=O)[O-])c1)c1cccc(S(=O)(=O)[O-])c1.Cc1ccccc1.[Cl-].[Na+].[Na+].[Na+].[Na+]. The summed E-state index contributed by atoms with van der Waals surface area (Å²) < 4.78 is 121. The van der Waals surface area contributed by atoms with Crippen molar-refractivity contribution in [3.05, 3.63) is 206 Å². The standard InChI is InChI=1S/C46H33ClO12P2S4.C7H8.ClH.4Na/c1-46(47)60(32-12-6-16-36(26-32)62-59-58-48,33-13-7-17-37(27-33)63(49,50)51)42-24-22-30-10-2-4-20-40(30)44(42)45-41-21-5-3-11-31(41)23-25-43(45)61(46,34-14-8-18-38(28-34)64(52,53)54)35-15-9-19-39(29-35)65(55,56)57;1-7-5-3-2-4-6-7;;;;;/h2-29H,1H3,(H2-2,48,49,50,51,52,53,54,55,56,57);2-6H,1H3;1H;;;;/q;;;4*+1/p-3. The summed E-state index contributed by atoms with van der Waals surface area (Å²) in [5, 5.41) is 20.0. The molecule has 0 bridgehead atoms. The van der Waals surface area contributed by atoms with E-state index >= 15 is 0 Å². The molecule has 0 aromatic heterocycles. The van der Waals surface area contributed by atoms with Crippen LogP contribution in [0.1, 0.15) is 12.5 Å². The first-order chi connectivity index (χ1) is 34.2. The fourth-order valence-corrected chi connectivity index (χ4v) is 26.6. The molecule has 1 aliphatic heterocycles. The van der Waals surface area contributed by atoms with Gasteiger partial charge in [-0.3, -0.25) is 5.04 Å². The van der Waals surface area contributed by atoms with Crippen LogP contribution in [0.15, 0.2) is 220 Å². The maximum absolute atomic E-state index is 13.1. The number of rotatable bonds is 10. The largest absolute Gasteiger partial charge is 1.00 e. The second-order valence-electron chi connectivity index (χ2n) is 16.8. The van der Waals surface area contributed by atoms with Crippen LogP contribution >= 0.6 is 38.2 Å². The fraction of sp³-hybridized carbons (Fsp3) is 0.0566. The predicted octanol–water partition coefficient (Wildman–Crippen LogP) is -6.87. The molecule has 12 nitrogen and oxygen atoms in total. The van der Waals surface area contributed by atoms with Gasteiger partial charge in [-0.2, -0.15) is 4.33 Å². The first-order valence-corrected chi connectivity index (χ1v) is 30.6. The number of alkyl halides is 1. The van der Waals surface area contributed by atoms with Gasteiger partial charge in [-0.15, -0.1) is 0 Å². The summed E-state index contributed by atoms with van der Waals surface area (Å²) in [5.41, 5.74) is 2.55. The Bertz CT molecular complexity index is 3870. The van der Waals surface area contributed by atoms with Gasteiger partial charge in [0.15, 0.2) is 14.5 Å². The average molecular weight is 1220 g/mol. The van der Waals surface area contributed by atoms with E-state index in [0.29, 0.717) is 54.8 Å². The zero-order valence-electron chi connectivity index (χ0n) is 42.2. The van der Waals surface area contributed by atoms with Crippen LogP contribution in [0, 0.1) is 6.92 Å². The summed E-state index contributed by atoms with van der Waals surface area (Å²) in [6, 6.07) is 55.8. The molecule has 0 aliphatic carbocycles. The molecule has 9 aromatic carbocycles. The van der Waals surface area contributed by atoms with Crippen LogP contribution in [0.5, 0.6) is 0 Å². The van der Waals surface area contributed by atoms with Crippen molar-refractivity contribution in [1.29, 1.82) is 0 Å². The Morgan fingerprint density at radius 2 is 0.818 bits per heavy atom. The molecule has 10 rings (SSSR count). The summed E-state index contributed by atoms with van der Waals surface area (Å²) in [7, 11) is -23.7. The van der Waals surface area contributed by atoms with Gasteiger partial charge in [-0.1, -0.05) is 121 Å². The molecule has 2 unspecified atom stereocenters. The molecular formula is C53H39Cl2Na4O12P2S4+. The number of fused-ring (bicyclic) bond motifs is 7. The minimum Gasteiger partial charge on any atom is -1.00 e. The van der Waals surface area contributed by atoms with Gasteiger partial charge in [0.2, 0.25) is 0 Å². The predicted molar refractivity (Wildman–Crippen MR) is 282 cm³/mol. The van der Waals surface area contributed by atoms with Gasteiger partial charge in [-0.05, 0) is 125 Å². The Balaban J connectivity index is 0.000000989. The van der Waals surface area contributed by atoms with Crippen LogP contribution < -0.4 is 168 Å². The van der Waals surface area contributed by atoms with Crippen LogP contribution in [0.3, 0.4) is 0 Å². The molecule has 0 saturated carbocycles. The number of aryl methyl sites for hydroxylation is 1. The average Bonchev–Trinajstić information content (AvgIpc) is 3.43. The molecule has 1 heterocycles. The molecule has 77 heavy (non-hydrogen) atoms. The summed E-state index contributed by atoms with van der Waals surface area (Å²) >= 11 is 9.46. The van der Waals surface area contributed by atoms with E-state index < -0.39 is 63.9 Å². The smallest absolute Gasteiger partial charge is 1.00 e. The van der Waals surface area contributed by atoms with Gasteiger partial charge >= 0.3 is 118 Å². The normalized spacial score (nSPS) is 16.4. The van der Waals surface area contributed by atoms with Crippen molar-refractivity contribution < 1.29 is 184 Å². The second-order valence-corrected chi connectivity index (χ2v) is 30.9. The van der Waals surface area contributed by atoms with Gasteiger partial charge < -0.3 is 31.3 Å². The molecule has 24 heteroatoms. The van der Waals surface area contributed by atoms with E-state index in [1.54, 1.807) is 49.4 Å². The maximum Gasteiger partial charge on any atom is 1.00 e. The van der Waals surface area contributed by atoms with Gasteiger partial charge in [0, 0.05) is 22.9 Å². The third kappa shape index (κ3) is 13.0. The Labute approximate surface area is 553 Å². The third-order valence-corrected chi connectivity index (χ3v) is 28.0. The molecule has 2 atom stereocenters. The summed E-state index contributed by atoms with van der Waals surface area (Å²) in [6.45, 7) is 3.80. The minimum atomic E-state index is -5.18. The maximum atomic E-state index is 13.1. The van der Waals surface area contributed by atoms with E-state index in [0.717, 1.165) is 29.0 Å². The zero-order chi connectivity index (χ0) is 51.3. The summed E-state index contributed by atoms with van der Waals surface area (Å²) in [5.74, 6) is 0. The van der Waals surface area contributed by atoms with Crippen molar-refractivity contribution >= 4 is 122 Å². The van der Waals surface area contributed by atoms with Crippen LogP contribution in [0.2, 0.25) is 0 Å². The van der Waals surface area contributed by atoms with Gasteiger partial charge in [0.25, 0.3) is 4.36 Å². The molecule has 0 spiro atoms. The molecule has 0 fully saturated rings. The minimum absolute atomic E-state index is 0. The van der Waals surface area contributed by atoms with E-state index in [2.05, 4.69) is 24.1 Å². The third-order valence-electron chi connectivity index (χ3n) is 12.8. The molecule has 374 valence electrons. The van der Waals surface area contributed by atoms with Crippen molar-refractivity contribution in [2.75, 3.05) is 0 Å². The molecule has 1 aliphatic rings. The van der Waals surface area contributed by atoms with Crippen molar-refractivity contribution in [1.82, 2.24) is 0 Å². The Hall–Kier alpha value is -1.10. The number of halogens is 2. The summed E-state index contributed by atoms with van der Waals surface area (Å²) in [4.78, 5) is -1.51. The van der Waals surface area contributed by atoms with Crippen LogP contribution in [0.4, 0.5) is 0 Å². The zero-order valence-corrected chi connectivity index (χ0v) is 56.8. The molecule has 0 saturated heterocycles. The van der Waals surface area contributed by atoms with Crippen molar-refractivity contribution in [3.8, 4) is 11.1 Å². The van der Waals surface area contributed by atoms with E-state index in [9.17, 15) is 44.2 Å². The number of benzene rings is 9. The van der Waals surface area contributed by atoms with E-state index in [4.69, 9.17) is 15.9 Å². The van der Waals surface area contributed by atoms with Crippen LogP contribution in [-0.4, -0.2) is 43.3 Å². The van der Waals surface area contributed by atoms with Gasteiger partial charge in [0.05, 0.1) is 26.7 Å². The van der Waals surface area contributed by atoms with Crippen LogP contribution in [0.25, 0.3) is 32.7 Å². The van der Waals surface area contributed by atoms with E-state index in [-0.39, 0.29) is 147 Å². The first-order valence-electron chi connectivity index (χ1n) is 21.7. The van der Waals surface area contributed by atoms with Gasteiger partial charge in [0.1, 0.15) is 62.2 Å². The molecule has 0 radical (unpaired) electrons. The Kier molecular flexibility index (Phi) is 24.5. The quantitative estimate of drug-likeness (QED) is 0.0237. The monoisotopic (exact) mass is 1220 g/mol. The molecule has 0 N–H and O–H groups in total. The number of hydrogen-bond donors (Lipinski definition) is 0. The van der Waals surface area contributed by atoms with Crippen molar-refractivity contribution in [2.24, 2.45) is 0 Å². The molecule has 0 amide bonds. The van der Waals surface area contributed by atoms with E-state index in [1.165, 1.54) is 42.0 Å².